The Kier molecular flexibility index (Phi) is 7.03. The second-order valence-electron chi connectivity index (χ2n) is 4.71. The number of hydrogen-bond donors (Lipinski definition) is 0. The average molecular weight is 182 g/mol. The van der Waals surface area contributed by atoms with E-state index >= 15 is 0 Å². The molecule has 0 heteroatoms. The van der Waals surface area contributed by atoms with Gasteiger partial charge < -0.3 is 0 Å². The summed E-state index contributed by atoms with van der Waals surface area (Å²) >= 11 is 0. The molecule has 78 valence electrons. The molecular formula is C13H26. The minimum Gasteiger partial charge on any atom is -0.0856 e. The highest BCUT2D eigenvalue weighted by Crippen LogP contribution is 2.17. The van der Waals surface area contributed by atoms with Gasteiger partial charge in [0.25, 0.3) is 0 Å². The normalized spacial score (nSPS) is 15.2. The standard InChI is InChI=1S/C13H26/c1-6-12(4)9-10-13(5)8-7-11(2)3/h7,12-13H,6,8-10H2,1-5H3. The largest absolute Gasteiger partial charge is 0.0856 e. The van der Waals surface area contributed by atoms with Crippen LogP contribution >= 0.6 is 0 Å². The van der Waals surface area contributed by atoms with Crippen molar-refractivity contribution in [1.82, 2.24) is 0 Å². The van der Waals surface area contributed by atoms with Gasteiger partial charge in [0, 0.05) is 0 Å². The van der Waals surface area contributed by atoms with Crippen LogP contribution in [-0.4, -0.2) is 0 Å². The highest BCUT2D eigenvalue weighted by Gasteiger charge is 2.03. The molecule has 0 fully saturated rings. The lowest BCUT2D eigenvalue weighted by molar-refractivity contribution is 0.424. The lowest BCUT2D eigenvalue weighted by Crippen LogP contribution is -1.98. The van der Waals surface area contributed by atoms with E-state index in [9.17, 15) is 0 Å². The van der Waals surface area contributed by atoms with Crippen molar-refractivity contribution in [3.63, 3.8) is 0 Å². The molecule has 0 radical (unpaired) electrons. The van der Waals surface area contributed by atoms with E-state index in [1.165, 1.54) is 31.3 Å². The SMILES string of the molecule is CCC(C)CCC(C)CC=C(C)C. The van der Waals surface area contributed by atoms with Gasteiger partial charge in [-0.15, -0.1) is 0 Å². The molecule has 0 aliphatic rings. The Labute approximate surface area is 84.4 Å². The molecule has 0 saturated carbocycles. The highest BCUT2D eigenvalue weighted by atomic mass is 14.1. The summed E-state index contributed by atoms with van der Waals surface area (Å²) in [4.78, 5) is 0. The molecule has 0 heterocycles. The second kappa shape index (κ2) is 7.17. The fourth-order valence-corrected chi connectivity index (χ4v) is 1.33. The lowest BCUT2D eigenvalue weighted by Gasteiger charge is -2.12. The molecule has 0 aliphatic heterocycles. The summed E-state index contributed by atoms with van der Waals surface area (Å²) in [5, 5.41) is 0. The second-order valence-corrected chi connectivity index (χ2v) is 4.71. The van der Waals surface area contributed by atoms with Crippen molar-refractivity contribution in [2.75, 3.05) is 0 Å². The minimum atomic E-state index is 0.865. The quantitative estimate of drug-likeness (QED) is 0.517. The Morgan fingerprint density at radius 2 is 1.62 bits per heavy atom. The third-order valence-corrected chi connectivity index (χ3v) is 2.78. The molecule has 0 saturated heterocycles. The third kappa shape index (κ3) is 8.08. The van der Waals surface area contributed by atoms with Gasteiger partial charge in [-0.25, -0.2) is 0 Å². The van der Waals surface area contributed by atoms with Crippen LogP contribution in [0.25, 0.3) is 0 Å². The summed E-state index contributed by atoms with van der Waals surface area (Å²) in [6, 6.07) is 0. The van der Waals surface area contributed by atoms with Crippen LogP contribution in [-0.2, 0) is 0 Å². The molecule has 0 bridgehead atoms. The Morgan fingerprint density at radius 1 is 1.08 bits per heavy atom. The molecule has 0 aliphatic carbocycles. The van der Waals surface area contributed by atoms with E-state index in [2.05, 4.69) is 40.7 Å². The molecular weight excluding hydrogens is 156 g/mol. The first-order valence-corrected chi connectivity index (χ1v) is 5.69. The van der Waals surface area contributed by atoms with E-state index in [0.29, 0.717) is 0 Å². The maximum atomic E-state index is 2.36. The average Bonchev–Trinajstić information content (AvgIpc) is 2.10. The maximum absolute atomic E-state index is 2.36. The van der Waals surface area contributed by atoms with Gasteiger partial charge in [0.2, 0.25) is 0 Å². The van der Waals surface area contributed by atoms with Crippen molar-refractivity contribution < 1.29 is 0 Å². The van der Waals surface area contributed by atoms with E-state index in [1.807, 2.05) is 0 Å². The number of rotatable bonds is 6. The summed E-state index contributed by atoms with van der Waals surface area (Å²) < 4.78 is 0. The summed E-state index contributed by atoms with van der Waals surface area (Å²) in [7, 11) is 0. The van der Waals surface area contributed by atoms with E-state index in [4.69, 9.17) is 0 Å². The number of allylic oxidation sites excluding steroid dienone is 2. The molecule has 0 N–H and O–H groups in total. The first-order chi connectivity index (χ1) is 6.06. The van der Waals surface area contributed by atoms with E-state index in [-0.39, 0.29) is 0 Å². The summed E-state index contributed by atoms with van der Waals surface area (Å²) in [6.45, 7) is 11.4. The molecule has 0 spiro atoms. The minimum absolute atomic E-state index is 0.865. The van der Waals surface area contributed by atoms with Gasteiger partial charge >= 0.3 is 0 Å². The van der Waals surface area contributed by atoms with Crippen LogP contribution in [0.3, 0.4) is 0 Å². The molecule has 0 aromatic carbocycles. The van der Waals surface area contributed by atoms with Crippen molar-refractivity contribution in [1.29, 1.82) is 0 Å². The molecule has 0 rings (SSSR count). The van der Waals surface area contributed by atoms with E-state index < -0.39 is 0 Å². The predicted molar refractivity (Wildman–Crippen MR) is 61.9 cm³/mol. The molecule has 0 amide bonds. The van der Waals surface area contributed by atoms with Crippen LogP contribution < -0.4 is 0 Å². The summed E-state index contributed by atoms with van der Waals surface area (Å²) in [5.41, 5.74) is 1.45. The first-order valence-electron chi connectivity index (χ1n) is 5.69. The van der Waals surface area contributed by atoms with Gasteiger partial charge in [-0.2, -0.15) is 0 Å². The van der Waals surface area contributed by atoms with Gasteiger partial charge in [-0.3, -0.25) is 0 Å². The lowest BCUT2D eigenvalue weighted by atomic mass is 9.94. The third-order valence-electron chi connectivity index (χ3n) is 2.78. The van der Waals surface area contributed by atoms with Crippen molar-refractivity contribution >= 4 is 0 Å². The fraction of sp³-hybridized carbons (Fsp3) is 0.846. The van der Waals surface area contributed by atoms with Gasteiger partial charge in [-0.05, 0) is 32.1 Å². The summed E-state index contributed by atoms with van der Waals surface area (Å²) in [5.74, 6) is 1.78. The molecule has 0 nitrogen and oxygen atoms in total. The zero-order valence-electron chi connectivity index (χ0n) is 10.1. The van der Waals surface area contributed by atoms with Crippen LogP contribution in [0.4, 0.5) is 0 Å². The van der Waals surface area contributed by atoms with E-state index in [1.54, 1.807) is 0 Å². The Morgan fingerprint density at radius 3 is 2.08 bits per heavy atom. The Hall–Kier alpha value is -0.260. The topological polar surface area (TPSA) is 0 Å². The van der Waals surface area contributed by atoms with Crippen molar-refractivity contribution in [2.24, 2.45) is 11.8 Å². The van der Waals surface area contributed by atoms with Crippen LogP contribution in [0.5, 0.6) is 0 Å². The molecule has 2 unspecified atom stereocenters. The maximum Gasteiger partial charge on any atom is -0.0322 e. The molecule has 0 aromatic rings. The molecule has 13 heavy (non-hydrogen) atoms. The van der Waals surface area contributed by atoms with Gasteiger partial charge in [-0.1, -0.05) is 51.7 Å². The first kappa shape index (κ1) is 12.7. The number of hydrogen-bond acceptors (Lipinski definition) is 0. The Balaban J connectivity index is 3.51. The van der Waals surface area contributed by atoms with Crippen LogP contribution in [0, 0.1) is 11.8 Å². The predicted octanol–water partition coefficient (Wildman–Crippen LogP) is 4.81. The Bertz CT molecular complexity index is 140. The molecule has 0 aromatic heterocycles. The van der Waals surface area contributed by atoms with Crippen LogP contribution in [0.2, 0.25) is 0 Å². The van der Waals surface area contributed by atoms with Crippen LogP contribution in [0.15, 0.2) is 11.6 Å². The highest BCUT2D eigenvalue weighted by molar-refractivity contribution is 4.93. The zero-order chi connectivity index (χ0) is 10.3. The fourth-order valence-electron chi connectivity index (χ4n) is 1.33. The van der Waals surface area contributed by atoms with E-state index in [0.717, 1.165) is 11.8 Å². The van der Waals surface area contributed by atoms with Gasteiger partial charge in [0.1, 0.15) is 0 Å². The van der Waals surface area contributed by atoms with Crippen molar-refractivity contribution in [3.8, 4) is 0 Å². The monoisotopic (exact) mass is 182 g/mol. The van der Waals surface area contributed by atoms with Gasteiger partial charge in [0.15, 0.2) is 0 Å². The molecule has 2 atom stereocenters. The van der Waals surface area contributed by atoms with Crippen LogP contribution in [0.1, 0.15) is 60.3 Å². The smallest absolute Gasteiger partial charge is 0.0322 e. The zero-order valence-corrected chi connectivity index (χ0v) is 10.1. The summed E-state index contributed by atoms with van der Waals surface area (Å²) in [6.07, 6.45) is 7.74. The van der Waals surface area contributed by atoms with Crippen molar-refractivity contribution in [3.05, 3.63) is 11.6 Å². The van der Waals surface area contributed by atoms with Gasteiger partial charge in [0.05, 0.1) is 0 Å². The van der Waals surface area contributed by atoms with Crippen molar-refractivity contribution in [2.45, 2.75) is 60.3 Å².